The van der Waals surface area contributed by atoms with Crippen molar-refractivity contribution in [1.29, 1.82) is 0 Å². The molecule has 0 atom stereocenters. The number of benzene rings is 1. The molecule has 0 aliphatic carbocycles. The summed E-state index contributed by atoms with van der Waals surface area (Å²) in [4.78, 5) is 17.7. The van der Waals surface area contributed by atoms with Crippen molar-refractivity contribution in [2.75, 3.05) is 7.05 Å². The van der Waals surface area contributed by atoms with Gasteiger partial charge in [0.15, 0.2) is 12.1 Å². The number of hydrogen-bond donors (Lipinski definition) is 0. The third-order valence-electron chi connectivity index (χ3n) is 3.44. The lowest BCUT2D eigenvalue weighted by molar-refractivity contribution is 0.0778. The lowest BCUT2D eigenvalue weighted by Gasteiger charge is -2.14. The van der Waals surface area contributed by atoms with Gasteiger partial charge in [-0.1, -0.05) is 0 Å². The number of hydrogen-bond acceptors (Lipinski definition) is 4. The average Bonchev–Trinajstić information content (AvgIpc) is 3.16. The number of halogens is 1. The first-order valence-electron chi connectivity index (χ1n) is 6.99. The number of aryl methyl sites for hydroxylation is 1. The zero-order valence-electron chi connectivity index (χ0n) is 12.7. The Hall–Kier alpha value is -2.96. The molecule has 2 aromatic heterocycles. The predicted octanol–water partition coefficient (Wildman–Crippen LogP) is 2.58. The molecule has 0 spiro atoms. The van der Waals surface area contributed by atoms with Gasteiger partial charge in [0.2, 0.25) is 0 Å². The number of nitrogens with zero attached hydrogens (tertiary/aromatic N) is 4. The van der Waals surface area contributed by atoms with Crippen LogP contribution < -0.4 is 0 Å². The van der Waals surface area contributed by atoms with Crippen molar-refractivity contribution in [2.24, 2.45) is 0 Å². The molecule has 0 unspecified atom stereocenters. The summed E-state index contributed by atoms with van der Waals surface area (Å²) < 4.78 is 19.6. The van der Waals surface area contributed by atoms with Crippen LogP contribution in [0.3, 0.4) is 0 Å². The number of rotatable bonds is 4. The van der Waals surface area contributed by atoms with Crippen LogP contribution in [0.5, 0.6) is 0 Å². The van der Waals surface area contributed by atoms with E-state index in [9.17, 15) is 9.18 Å². The SMILES string of the molecule is Cc1ocnc1C(=O)N(C)Cc1cnn(-c2ccc(F)cc2)c1. The van der Waals surface area contributed by atoms with Crippen LogP contribution >= 0.6 is 0 Å². The van der Waals surface area contributed by atoms with E-state index >= 15 is 0 Å². The van der Waals surface area contributed by atoms with Gasteiger partial charge in [-0.25, -0.2) is 14.1 Å². The minimum absolute atomic E-state index is 0.217. The van der Waals surface area contributed by atoms with E-state index in [1.807, 2.05) is 0 Å². The van der Waals surface area contributed by atoms with E-state index in [-0.39, 0.29) is 11.7 Å². The van der Waals surface area contributed by atoms with E-state index in [1.54, 1.807) is 43.2 Å². The summed E-state index contributed by atoms with van der Waals surface area (Å²) in [6.45, 7) is 2.08. The molecule has 0 N–H and O–H groups in total. The molecule has 1 aromatic carbocycles. The van der Waals surface area contributed by atoms with Gasteiger partial charge in [-0.2, -0.15) is 5.10 Å². The Morgan fingerprint density at radius 2 is 2.09 bits per heavy atom. The molecule has 118 valence electrons. The lowest BCUT2D eigenvalue weighted by atomic mass is 10.3. The molecule has 7 heteroatoms. The minimum Gasteiger partial charge on any atom is -0.448 e. The highest BCUT2D eigenvalue weighted by atomic mass is 19.1. The smallest absolute Gasteiger partial charge is 0.276 e. The summed E-state index contributed by atoms with van der Waals surface area (Å²) in [5, 5.41) is 4.23. The summed E-state index contributed by atoms with van der Waals surface area (Å²) >= 11 is 0. The molecule has 0 fully saturated rings. The van der Waals surface area contributed by atoms with E-state index in [0.717, 1.165) is 11.3 Å². The molecule has 0 radical (unpaired) electrons. The molecule has 3 aromatic rings. The van der Waals surface area contributed by atoms with Crippen molar-refractivity contribution in [2.45, 2.75) is 13.5 Å². The maximum Gasteiger partial charge on any atom is 0.276 e. The first kappa shape index (κ1) is 15.0. The summed E-state index contributed by atoms with van der Waals surface area (Å²) in [6.07, 6.45) is 4.72. The number of aromatic nitrogens is 3. The summed E-state index contributed by atoms with van der Waals surface area (Å²) in [6, 6.07) is 6.03. The lowest BCUT2D eigenvalue weighted by Crippen LogP contribution is -2.26. The highest BCUT2D eigenvalue weighted by Crippen LogP contribution is 2.13. The standard InChI is InChI=1S/C16H15FN4O2/c1-11-15(18-10-23-11)16(22)20(2)8-12-7-19-21(9-12)14-5-3-13(17)4-6-14/h3-7,9-10H,8H2,1-2H3. The molecule has 0 saturated heterocycles. The monoisotopic (exact) mass is 314 g/mol. The fourth-order valence-corrected chi connectivity index (χ4v) is 2.21. The zero-order valence-corrected chi connectivity index (χ0v) is 12.7. The van der Waals surface area contributed by atoms with Gasteiger partial charge < -0.3 is 9.32 Å². The molecule has 0 aliphatic heterocycles. The second kappa shape index (κ2) is 6.04. The van der Waals surface area contributed by atoms with Crippen molar-refractivity contribution in [3.05, 3.63) is 65.9 Å². The van der Waals surface area contributed by atoms with Crippen LogP contribution in [0.4, 0.5) is 4.39 Å². The molecule has 1 amide bonds. The third-order valence-corrected chi connectivity index (χ3v) is 3.44. The number of oxazole rings is 1. The van der Waals surface area contributed by atoms with Gasteiger partial charge in [0.25, 0.3) is 5.91 Å². The van der Waals surface area contributed by atoms with Gasteiger partial charge >= 0.3 is 0 Å². The van der Waals surface area contributed by atoms with Gasteiger partial charge in [0, 0.05) is 25.4 Å². The Morgan fingerprint density at radius 1 is 1.35 bits per heavy atom. The Balaban J connectivity index is 1.72. The van der Waals surface area contributed by atoms with Crippen LogP contribution in [-0.2, 0) is 6.54 Å². The third kappa shape index (κ3) is 3.13. The fraction of sp³-hybridized carbons (Fsp3) is 0.188. The highest BCUT2D eigenvalue weighted by Gasteiger charge is 2.18. The van der Waals surface area contributed by atoms with Gasteiger partial charge in [-0.3, -0.25) is 4.79 Å². The van der Waals surface area contributed by atoms with Crippen LogP contribution in [0.25, 0.3) is 5.69 Å². The number of amides is 1. The normalized spacial score (nSPS) is 10.7. The molecule has 0 saturated carbocycles. The van der Waals surface area contributed by atoms with E-state index in [0.29, 0.717) is 18.0 Å². The summed E-state index contributed by atoms with van der Waals surface area (Å²) in [7, 11) is 1.69. The maximum absolute atomic E-state index is 12.9. The van der Waals surface area contributed by atoms with Gasteiger partial charge in [0.05, 0.1) is 11.9 Å². The van der Waals surface area contributed by atoms with Crippen molar-refractivity contribution >= 4 is 5.91 Å². The largest absolute Gasteiger partial charge is 0.448 e. The second-order valence-electron chi connectivity index (χ2n) is 5.19. The summed E-state index contributed by atoms with van der Waals surface area (Å²) in [5.41, 5.74) is 1.91. The van der Waals surface area contributed by atoms with Gasteiger partial charge in [-0.15, -0.1) is 0 Å². The van der Waals surface area contributed by atoms with Crippen molar-refractivity contribution < 1.29 is 13.6 Å². The van der Waals surface area contributed by atoms with Crippen LogP contribution in [0, 0.1) is 12.7 Å². The molecule has 23 heavy (non-hydrogen) atoms. The van der Waals surface area contributed by atoms with Crippen molar-refractivity contribution in [3.63, 3.8) is 0 Å². The minimum atomic E-state index is -0.297. The molecule has 0 bridgehead atoms. The predicted molar refractivity (Wildman–Crippen MR) is 80.6 cm³/mol. The first-order chi connectivity index (χ1) is 11.0. The maximum atomic E-state index is 12.9. The Labute approximate surface area is 132 Å². The Kier molecular flexibility index (Phi) is 3.92. The van der Waals surface area contributed by atoms with E-state index in [4.69, 9.17) is 4.42 Å². The van der Waals surface area contributed by atoms with Crippen molar-refractivity contribution in [3.8, 4) is 5.69 Å². The van der Waals surface area contributed by atoms with Crippen molar-refractivity contribution in [1.82, 2.24) is 19.7 Å². The second-order valence-corrected chi connectivity index (χ2v) is 5.19. The Morgan fingerprint density at radius 3 is 2.74 bits per heavy atom. The molecular formula is C16H15FN4O2. The van der Waals surface area contributed by atoms with Crippen LogP contribution in [0.15, 0.2) is 47.5 Å². The van der Waals surface area contributed by atoms with E-state index in [1.165, 1.54) is 23.4 Å². The molecule has 0 aliphatic rings. The molecular weight excluding hydrogens is 299 g/mol. The van der Waals surface area contributed by atoms with E-state index in [2.05, 4.69) is 10.1 Å². The molecule has 6 nitrogen and oxygen atoms in total. The Bertz CT molecular complexity index is 823. The first-order valence-corrected chi connectivity index (χ1v) is 6.99. The van der Waals surface area contributed by atoms with Crippen LogP contribution in [0.2, 0.25) is 0 Å². The van der Waals surface area contributed by atoms with Crippen LogP contribution in [0.1, 0.15) is 21.8 Å². The molecule has 2 heterocycles. The number of carbonyl (C=O) groups is 1. The van der Waals surface area contributed by atoms with E-state index < -0.39 is 0 Å². The van der Waals surface area contributed by atoms with Crippen LogP contribution in [-0.4, -0.2) is 32.6 Å². The summed E-state index contributed by atoms with van der Waals surface area (Å²) in [5.74, 6) is -0.0240. The quantitative estimate of drug-likeness (QED) is 0.742. The highest BCUT2D eigenvalue weighted by molar-refractivity contribution is 5.92. The number of carbonyl (C=O) groups excluding carboxylic acids is 1. The average molecular weight is 314 g/mol. The zero-order chi connectivity index (χ0) is 16.4. The molecule has 3 rings (SSSR count). The van der Waals surface area contributed by atoms with Gasteiger partial charge in [0.1, 0.15) is 11.6 Å². The van der Waals surface area contributed by atoms with Gasteiger partial charge in [-0.05, 0) is 31.2 Å². The fourth-order valence-electron chi connectivity index (χ4n) is 2.21. The topological polar surface area (TPSA) is 64.2 Å².